The highest BCUT2D eigenvalue weighted by atomic mass is 19.3. The van der Waals surface area contributed by atoms with E-state index in [0.29, 0.717) is 16.8 Å². The van der Waals surface area contributed by atoms with Gasteiger partial charge in [0.2, 0.25) is 11.8 Å². The second-order valence-electron chi connectivity index (χ2n) is 9.05. The molecule has 2 aliphatic heterocycles. The van der Waals surface area contributed by atoms with E-state index in [1.54, 1.807) is 18.2 Å². The number of carbonyl (C=O) groups excluding carboxylic acids is 2. The third-order valence-corrected chi connectivity index (χ3v) is 6.40. The molecule has 0 saturated heterocycles. The lowest BCUT2D eigenvalue weighted by Crippen LogP contribution is -2.51. The average molecular weight is 479 g/mol. The van der Waals surface area contributed by atoms with Gasteiger partial charge in [-0.15, -0.1) is 10.2 Å². The Kier molecular flexibility index (Phi) is 5.76. The summed E-state index contributed by atoms with van der Waals surface area (Å²) in [5, 5.41) is 10.2. The Labute approximate surface area is 200 Å². The van der Waals surface area contributed by atoms with Gasteiger partial charge in [0.15, 0.2) is 0 Å². The zero-order chi connectivity index (χ0) is 24.7. The maximum atomic E-state index is 13.4. The SMILES string of the molecule is CC1(C)C(=O)N(Cc2ccc(-c3nnc(C(F)F)o3)cn2)C(=O)c2ccc(C3=CCNCC3)cc21. The molecule has 0 spiro atoms. The summed E-state index contributed by atoms with van der Waals surface area (Å²) in [6.45, 7) is 5.31. The van der Waals surface area contributed by atoms with Crippen LogP contribution in [0.25, 0.3) is 17.0 Å². The molecule has 180 valence electrons. The minimum atomic E-state index is -2.86. The number of nitrogens with zero attached hydrogens (tertiary/aromatic N) is 4. The van der Waals surface area contributed by atoms with Crippen molar-refractivity contribution in [3.8, 4) is 11.5 Å². The summed E-state index contributed by atoms with van der Waals surface area (Å²) < 4.78 is 30.3. The van der Waals surface area contributed by atoms with Crippen LogP contribution < -0.4 is 5.32 Å². The van der Waals surface area contributed by atoms with Crippen molar-refractivity contribution in [2.75, 3.05) is 13.1 Å². The van der Waals surface area contributed by atoms with Gasteiger partial charge in [-0.2, -0.15) is 8.78 Å². The van der Waals surface area contributed by atoms with Gasteiger partial charge in [0, 0.05) is 18.3 Å². The van der Waals surface area contributed by atoms with Crippen molar-refractivity contribution in [3.63, 3.8) is 0 Å². The normalized spacial score (nSPS) is 17.5. The van der Waals surface area contributed by atoms with Crippen molar-refractivity contribution in [2.45, 2.75) is 38.7 Å². The molecule has 0 fully saturated rings. The van der Waals surface area contributed by atoms with E-state index >= 15 is 0 Å². The highest BCUT2D eigenvalue weighted by molar-refractivity contribution is 6.13. The fourth-order valence-electron chi connectivity index (χ4n) is 4.41. The Hall–Kier alpha value is -3.79. The number of nitrogens with one attached hydrogen (secondary N) is 1. The molecule has 0 aliphatic carbocycles. The molecule has 0 saturated carbocycles. The zero-order valence-corrected chi connectivity index (χ0v) is 19.2. The predicted molar refractivity (Wildman–Crippen MR) is 122 cm³/mol. The number of carbonyl (C=O) groups is 2. The number of pyridine rings is 1. The monoisotopic (exact) mass is 479 g/mol. The lowest BCUT2D eigenvalue weighted by molar-refractivity contribution is -0.134. The average Bonchev–Trinajstić information content (AvgIpc) is 3.37. The highest BCUT2D eigenvalue weighted by Crippen LogP contribution is 2.37. The highest BCUT2D eigenvalue weighted by Gasteiger charge is 2.44. The van der Waals surface area contributed by atoms with E-state index in [1.807, 2.05) is 26.0 Å². The molecular formula is C25H23F2N5O3. The van der Waals surface area contributed by atoms with Crippen LogP contribution in [-0.2, 0) is 16.8 Å². The number of imide groups is 1. The van der Waals surface area contributed by atoms with Crippen molar-refractivity contribution in [1.82, 2.24) is 25.4 Å². The van der Waals surface area contributed by atoms with E-state index in [9.17, 15) is 18.4 Å². The number of hydrogen-bond acceptors (Lipinski definition) is 7. The number of fused-ring (bicyclic) bond motifs is 1. The molecule has 0 bridgehead atoms. The maximum absolute atomic E-state index is 13.4. The van der Waals surface area contributed by atoms with Gasteiger partial charge in [-0.25, -0.2) is 0 Å². The Morgan fingerprint density at radius 2 is 1.94 bits per heavy atom. The van der Waals surface area contributed by atoms with Gasteiger partial charge in [-0.05, 0) is 67.8 Å². The predicted octanol–water partition coefficient (Wildman–Crippen LogP) is 3.91. The summed E-state index contributed by atoms with van der Waals surface area (Å²) >= 11 is 0. The molecule has 8 nitrogen and oxygen atoms in total. The first-order valence-corrected chi connectivity index (χ1v) is 11.2. The summed E-state index contributed by atoms with van der Waals surface area (Å²) in [5.74, 6) is -1.54. The fraction of sp³-hybridized carbons (Fsp3) is 0.320. The fourth-order valence-corrected chi connectivity index (χ4v) is 4.41. The van der Waals surface area contributed by atoms with Crippen LogP contribution in [0.4, 0.5) is 8.78 Å². The Morgan fingerprint density at radius 3 is 2.60 bits per heavy atom. The summed E-state index contributed by atoms with van der Waals surface area (Å²) in [6, 6.07) is 8.86. The van der Waals surface area contributed by atoms with Gasteiger partial charge in [-0.1, -0.05) is 12.1 Å². The van der Waals surface area contributed by atoms with Crippen LogP contribution in [-0.4, -0.2) is 45.0 Å². The molecule has 35 heavy (non-hydrogen) atoms. The molecule has 3 aromatic rings. The number of hydrogen-bond donors (Lipinski definition) is 1. The first-order chi connectivity index (χ1) is 16.8. The quantitative estimate of drug-likeness (QED) is 0.554. The van der Waals surface area contributed by atoms with E-state index < -0.39 is 17.7 Å². The molecule has 5 rings (SSSR count). The number of aromatic nitrogens is 3. The molecule has 2 amide bonds. The third-order valence-electron chi connectivity index (χ3n) is 6.40. The lowest BCUT2D eigenvalue weighted by Gasteiger charge is -2.37. The van der Waals surface area contributed by atoms with E-state index in [2.05, 4.69) is 26.6 Å². The molecule has 0 unspecified atom stereocenters. The minimum absolute atomic E-state index is 0.0223. The van der Waals surface area contributed by atoms with E-state index in [0.717, 1.165) is 30.6 Å². The molecule has 2 aromatic heterocycles. The number of amides is 2. The first kappa shape index (κ1) is 23.0. The molecule has 0 radical (unpaired) electrons. The van der Waals surface area contributed by atoms with Crippen molar-refractivity contribution >= 4 is 17.4 Å². The Balaban J connectivity index is 1.40. The first-order valence-electron chi connectivity index (χ1n) is 11.2. The van der Waals surface area contributed by atoms with Crippen LogP contribution in [0, 0.1) is 0 Å². The molecule has 0 atom stereocenters. The van der Waals surface area contributed by atoms with Crippen LogP contribution >= 0.6 is 0 Å². The summed E-state index contributed by atoms with van der Waals surface area (Å²) in [6.07, 6.45) is 1.55. The van der Waals surface area contributed by atoms with Crippen LogP contribution in [0.1, 0.15) is 59.8 Å². The molecule has 1 aromatic carbocycles. The van der Waals surface area contributed by atoms with Crippen molar-refractivity contribution in [1.29, 1.82) is 0 Å². The minimum Gasteiger partial charge on any atom is -0.415 e. The number of alkyl halides is 2. The van der Waals surface area contributed by atoms with Crippen LogP contribution in [0.2, 0.25) is 0 Å². The maximum Gasteiger partial charge on any atom is 0.314 e. The third kappa shape index (κ3) is 4.14. The van der Waals surface area contributed by atoms with Crippen LogP contribution in [0.5, 0.6) is 0 Å². The van der Waals surface area contributed by atoms with Crippen molar-refractivity contribution in [3.05, 3.63) is 70.9 Å². The number of halogens is 2. The summed E-state index contributed by atoms with van der Waals surface area (Å²) in [5.41, 5.74) is 3.36. The van der Waals surface area contributed by atoms with E-state index in [1.165, 1.54) is 16.7 Å². The lowest BCUT2D eigenvalue weighted by atomic mass is 9.76. The zero-order valence-electron chi connectivity index (χ0n) is 19.2. The van der Waals surface area contributed by atoms with Gasteiger partial charge in [0.1, 0.15) is 0 Å². The Morgan fingerprint density at radius 1 is 1.14 bits per heavy atom. The van der Waals surface area contributed by atoms with E-state index in [-0.39, 0.29) is 24.2 Å². The van der Waals surface area contributed by atoms with Gasteiger partial charge < -0.3 is 9.73 Å². The molecule has 10 heteroatoms. The van der Waals surface area contributed by atoms with Crippen molar-refractivity contribution < 1.29 is 22.8 Å². The molecule has 1 N–H and O–H groups in total. The topological polar surface area (TPSA) is 101 Å². The van der Waals surface area contributed by atoms with Crippen LogP contribution in [0.3, 0.4) is 0 Å². The summed E-state index contributed by atoms with van der Waals surface area (Å²) in [4.78, 5) is 32.2. The van der Waals surface area contributed by atoms with Crippen LogP contribution in [0.15, 0.2) is 47.0 Å². The smallest absolute Gasteiger partial charge is 0.314 e. The molecule has 2 aliphatic rings. The molecular weight excluding hydrogens is 456 g/mol. The second-order valence-corrected chi connectivity index (χ2v) is 9.05. The Bertz CT molecular complexity index is 1330. The number of rotatable bonds is 5. The largest absolute Gasteiger partial charge is 0.415 e. The van der Waals surface area contributed by atoms with E-state index in [4.69, 9.17) is 4.42 Å². The summed E-state index contributed by atoms with van der Waals surface area (Å²) in [7, 11) is 0. The molecule has 4 heterocycles. The number of benzene rings is 1. The standard InChI is InChI=1S/C25H23F2N5O3/c1-25(2)19-11-15(14-7-9-28-10-8-14)4-6-18(19)23(33)32(24(25)34)13-17-5-3-16(12-29-17)21-30-31-22(35-21)20(26)27/h3-7,11-12,20,28H,8-10,13H2,1-2H3. The van der Waals surface area contributed by atoms with Gasteiger partial charge in [0.05, 0.1) is 23.2 Å². The van der Waals surface area contributed by atoms with Gasteiger partial charge >= 0.3 is 6.43 Å². The second kappa shape index (κ2) is 8.77. The van der Waals surface area contributed by atoms with Gasteiger partial charge in [-0.3, -0.25) is 19.5 Å². The van der Waals surface area contributed by atoms with Gasteiger partial charge in [0.25, 0.3) is 11.8 Å². The van der Waals surface area contributed by atoms with Crippen molar-refractivity contribution in [2.24, 2.45) is 0 Å².